The van der Waals surface area contributed by atoms with Gasteiger partial charge in [0.1, 0.15) is 5.82 Å². The summed E-state index contributed by atoms with van der Waals surface area (Å²) < 4.78 is 29.0. The Morgan fingerprint density at radius 3 is 2.50 bits per heavy atom. The third-order valence-corrected chi connectivity index (χ3v) is 5.54. The molecule has 1 aliphatic heterocycles. The average molecular weight is 413 g/mol. The molecule has 0 bridgehead atoms. The molecular formula is C23H24FNO5. The molecule has 4 rings (SSSR count). The molecule has 0 spiro atoms. The monoisotopic (exact) mass is 413 g/mol. The van der Waals surface area contributed by atoms with Crippen LogP contribution in [0.2, 0.25) is 0 Å². The Kier molecular flexibility index (Phi) is 6.16. The van der Waals surface area contributed by atoms with Gasteiger partial charge in [0.2, 0.25) is 6.79 Å². The summed E-state index contributed by atoms with van der Waals surface area (Å²) in [6.07, 6.45) is 5.13. The van der Waals surface area contributed by atoms with Crippen molar-refractivity contribution in [1.29, 1.82) is 0 Å². The first kappa shape index (κ1) is 20.2. The van der Waals surface area contributed by atoms with Crippen molar-refractivity contribution in [2.24, 2.45) is 0 Å². The fourth-order valence-corrected chi connectivity index (χ4v) is 3.92. The van der Waals surface area contributed by atoms with E-state index in [1.165, 1.54) is 12.1 Å². The quantitative estimate of drug-likeness (QED) is 0.668. The lowest BCUT2D eigenvalue weighted by atomic mass is 9.93. The molecule has 1 aliphatic carbocycles. The Bertz CT molecular complexity index is 908. The second-order valence-electron chi connectivity index (χ2n) is 7.58. The van der Waals surface area contributed by atoms with Crippen molar-refractivity contribution in [3.63, 3.8) is 0 Å². The highest BCUT2D eigenvalue weighted by Gasteiger charge is 2.27. The van der Waals surface area contributed by atoms with Crippen LogP contribution in [0, 0.1) is 5.82 Å². The number of carbonyl (C=O) groups is 2. The van der Waals surface area contributed by atoms with Crippen LogP contribution in [0.5, 0.6) is 11.5 Å². The van der Waals surface area contributed by atoms with Crippen LogP contribution in [0.4, 0.5) is 4.39 Å². The zero-order chi connectivity index (χ0) is 20.9. The van der Waals surface area contributed by atoms with Gasteiger partial charge in [-0.05, 0) is 48.7 Å². The van der Waals surface area contributed by atoms with Crippen molar-refractivity contribution in [2.45, 2.75) is 44.7 Å². The van der Waals surface area contributed by atoms with Gasteiger partial charge in [0.05, 0.1) is 5.56 Å². The molecular weight excluding hydrogens is 389 g/mol. The van der Waals surface area contributed by atoms with Gasteiger partial charge in [-0.2, -0.15) is 0 Å². The molecule has 0 N–H and O–H groups in total. The van der Waals surface area contributed by atoms with Crippen molar-refractivity contribution in [3.8, 4) is 11.5 Å². The lowest BCUT2D eigenvalue weighted by Gasteiger charge is -2.34. The first-order valence-corrected chi connectivity index (χ1v) is 10.2. The van der Waals surface area contributed by atoms with E-state index in [1.54, 1.807) is 35.2 Å². The highest BCUT2D eigenvalue weighted by atomic mass is 19.1. The van der Waals surface area contributed by atoms with Crippen molar-refractivity contribution in [1.82, 2.24) is 4.90 Å². The maximum Gasteiger partial charge on any atom is 0.338 e. The third kappa shape index (κ3) is 4.72. The van der Waals surface area contributed by atoms with E-state index in [9.17, 15) is 14.0 Å². The first-order valence-electron chi connectivity index (χ1n) is 10.2. The molecule has 0 unspecified atom stereocenters. The average Bonchev–Trinajstić information content (AvgIpc) is 3.25. The fourth-order valence-electron chi connectivity index (χ4n) is 3.92. The predicted octanol–water partition coefficient (Wildman–Crippen LogP) is 4.07. The van der Waals surface area contributed by atoms with Gasteiger partial charge in [-0.3, -0.25) is 4.79 Å². The molecule has 2 aromatic rings. The van der Waals surface area contributed by atoms with Crippen LogP contribution in [0.1, 0.15) is 48.0 Å². The molecule has 1 heterocycles. The Balaban J connectivity index is 1.41. The molecule has 0 atom stereocenters. The Morgan fingerprint density at radius 1 is 1.00 bits per heavy atom. The third-order valence-electron chi connectivity index (χ3n) is 5.54. The lowest BCUT2D eigenvalue weighted by molar-refractivity contribution is -0.138. The van der Waals surface area contributed by atoms with Gasteiger partial charge in [0.25, 0.3) is 5.91 Å². The minimum absolute atomic E-state index is 0.0977. The summed E-state index contributed by atoms with van der Waals surface area (Å²) in [6, 6.07) is 11.0. The second-order valence-corrected chi connectivity index (χ2v) is 7.58. The van der Waals surface area contributed by atoms with E-state index in [4.69, 9.17) is 14.2 Å². The molecule has 1 saturated carbocycles. The highest BCUT2D eigenvalue weighted by molar-refractivity contribution is 5.92. The van der Waals surface area contributed by atoms with Crippen LogP contribution in [0.3, 0.4) is 0 Å². The topological polar surface area (TPSA) is 65.1 Å². The molecule has 30 heavy (non-hydrogen) atoms. The van der Waals surface area contributed by atoms with Crippen LogP contribution in [0.15, 0.2) is 42.5 Å². The second kappa shape index (κ2) is 9.15. The summed E-state index contributed by atoms with van der Waals surface area (Å²) in [7, 11) is 0. The summed E-state index contributed by atoms with van der Waals surface area (Å²) in [6.45, 7) is 0.141. The van der Waals surface area contributed by atoms with E-state index < -0.39 is 5.97 Å². The smallest absolute Gasteiger partial charge is 0.338 e. The summed E-state index contributed by atoms with van der Waals surface area (Å²) in [4.78, 5) is 27.1. The number of esters is 1. The molecule has 0 aromatic heterocycles. The first-order chi connectivity index (χ1) is 14.6. The largest absolute Gasteiger partial charge is 0.454 e. The minimum Gasteiger partial charge on any atom is -0.454 e. The molecule has 2 aliphatic rings. The van der Waals surface area contributed by atoms with E-state index in [1.807, 2.05) is 0 Å². The van der Waals surface area contributed by atoms with Gasteiger partial charge in [-0.1, -0.05) is 31.4 Å². The van der Waals surface area contributed by atoms with Crippen LogP contribution in [-0.4, -0.2) is 36.2 Å². The molecule has 6 nitrogen and oxygen atoms in total. The Labute approximate surface area is 174 Å². The normalized spacial score (nSPS) is 15.6. The molecule has 1 fully saturated rings. The van der Waals surface area contributed by atoms with E-state index >= 15 is 0 Å². The molecule has 1 amide bonds. The lowest BCUT2D eigenvalue weighted by Crippen LogP contribution is -2.43. The Morgan fingerprint density at radius 2 is 1.73 bits per heavy atom. The Hall–Kier alpha value is -3.09. The van der Waals surface area contributed by atoms with E-state index in [2.05, 4.69) is 0 Å². The molecule has 0 radical (unpaired) electrons. The van der Waals surface area contributed by atoms with E-state index in [0.717, 1.165) is 37.7 Å². The van der Waals surface area contributed by atoms with Gasteiger partial charge in [0.15, 0.2) is 18.1 Å². The number of hydrogen-bond donors (Lipinski definition) is 0. The molecule has 7 heteroatoms. The number of amides is 1. The SMILES string of the molecule is O=C(OCC(=O)N(Cc1ccc(F)cc1)C1CCCCC1)c1ccc2c(c1)OCO2. The number of ether oxygens (including phenoxy) is 3. The number of fused-ring (bicyclic) bond motifs is 1. The zero-order valence-corrected chi connectivity index (χ0v) is 16.6. The summed E-state index contributed by atoms with van der Waals surface area (Å²) in [5.41, 5.74) is 1.15. The predicted molar refractivity (Wildman–Crippen MR) is 107 cm³/mol. The van der Waals surface area contributed by atoms with Crippen LogP contribution < -0.4 is 9.47 Å². The minimum atomic E-state index is -0.591. The molecule has 0 saturated heterocycles. The fraction of sp³-hybridized carbons (Fsp3) is 0.391. The number of nitrogens with zero attached hydrogens (tertiary/aromatic N) is 1. The maximum absolute atomic E-state index is 13.2. The van der Waals surface area contributed by atoms with Crippen LogP contribution >= 0.6 is 0 Å². The maximum atomic E-state index is 13.2. The van der Waals surface area contributed by atoms with Crippen LogP contribution in [-0.2, 0) is 16.1 Å². The van der Waals surface area contributed by atoms with Gasteiger partial charge >= 0.3 is 5.97 Å². The zero-order valence-electron chi connectivity index (χ0n) is 16.6. The van der Waals surface area contributed by atoms with Crippen molar-refractivity contribution in [3.05, 3.63) is 59.4 Å². The van der Waals surface area contributed by atoms with E-state index in [-0.39, 0.29) is 31.2 Å². The summed E-state index contributed by atoms with van der Waals surface area (Å²) >= 11 is 0. The highest BCUT2D eigenvalue weighted by Crippen LogP contribution is 2.32. The molecule has 2 aromatic carbocycles. The van der Waals surface area contributed by atoms with Crippen molar-refractivity contribution < 1.29 is 28.2 Å². The van der Waals surface area contributed by atoms with Crippen molar-refractivity contribution in [2.75, 3.05) is 13.4 Å². The number of rotatable bonds is 6. The van der Waals surface area contributed by atoms with E-state index in [0.29, 0.717) is 23.6 Å². The van der Waals surface area contributed by atoms with Crippen LogP contribution in [0.25, 0.3) is 0 Å². The number of hydrogen-bond acceptors (Lipinski definition) is 5. The number of halogens is 1. The summed E-state index contributed by atoms with van der Waals surface area (Å²) in [5.74, 6) is -0.0967. The number of carbonyl (C=O) groups excluding carboxylic acids is 2. The standard InChI is InChI=1S/C23H24FNO5/c24-18-9-6-16(7-10-18)13-25(19-4-2-1-3-5-19)22(26)14-28-23(27)17-8-11-20-21(12-17)30-15-29-20/h6-12,19H,1-5,13-15H2. The molecule has 158 valence electrons. The van der Waals surface area contributed by atoms with Gasteiger partial charge in [-0.15, -0.1) is 0 Å². The van der Waals surface area contributed by atoms with Gasteiger partial charge in [-0.25, -0.2) is 9.18 Å². The number of benzene rings is 2. The van der Waals surface area contributed by atoms with Gasteiger partial charge < -0.3 is 19.1 Å². The summed E-state index contributed by atoms with van der Waals surface area (Å²) in [5, 5.41) is 0. The van der Waals surface area contributed by atoms with Gasteiger partial charge in [0, 0.05) is 12.6 Å². The van der Waals surface area contributed by atoms with Crippen molar-refractivity contribution >= 4 is 11.9 Å².